The van der Waals surface area contributed by atoms with Gasteiger partial charge in [0.25, 0.3) is 0 Å². The zero-order valence-corrected chi connectivity index (χ0v) is 12.4. The van der Waals surface area contributed by atoms with Crippen molar-refractivity contribution in [3.8, 4) is 0 Å². The Kier molecular flexibility index (Phi) is 3.28. The summed E-state index contributed by atoms with van der Waals surface area (Å²) in [5.41, 5.74) is 5.18. The number of hydrazine groups is 1. The number of hydrogen-bond acceptors (Lipinski definition) is 4. The highest BCUT2D eigenvalue weighted by molar-refractivity contribution is 6.08. The van der Waals surface area contributed by atoms with Crippen LogP contribution in [-0.2, 0) is 0 Å². The fraction of sp³-hybridized carbons (Fsp3) is 0. The summed E-state index contributed by atoms with van der Waals surface area (Å²) >= 11 is 0. The van der Waals surface area contributed by atoms with Gasteiger partial charge in [-0.05, 0) is 35.0 Å². The zero-order valence-electron chi connectivity index (χ0n) is 12.4. The van der Waals surface area contributed by atoms with Gasteiger partial charge >= 0.3 is 11.8 Å². The molecule has 0 radical (unpaired) electrons. The van der Waals surface area contributed by atoms with E-state index in [2.05, 4.69) is 10.9 Å². The minimum atomic E-state index is -0.546. The maximum Gasteiger partial charge on any atom is 0.305 e. The van der Waals surface area contributed by atoms with Crippen molar-refractivity contribution in [2.24, 2.45) is 0 Å². The summed E-state index contributed by atoms with van der Waals surface area (Å²) in [6, 6.07) is 16.3. The van der Waals surface area contributed by atoms with E-state index in [1.807, 2.05) is 36.4 Å². The molecule has 4 rings (SSSR count). The van der Waals surface area contributed by atoms with E-state index in [4.69, 9.17) is 8.83 Å². The lowest BCUT2D eigenvalue weighted by molar-refractivity contribution is 0.0818. The molecule has 0 spiro atoms. The molecular formula is C18H12N2O4. The van der Waals surface area contributed by atoms with E-state index < -0.39 is 11.8 Å². The Morgan fingerprint density at radius 2 is 1.58 bits per heavy atom. The molecule has 4 aromatic rings. The predicted octanol–water partition coefficient (Wildman–Crippen LogP) is 3.25. The molecule has 0 aliphatic heterocycles. The molecule has 0 atom stereocenters. The maximum absolute atomic E-state index is 12.2. The summed E-state index contributed by atoms with van der Waals surface area (Å²) in [6.45, 7) is 0. The molecule has 2 aromatic carbocycles. The van der Waals surface area contributed by atoms with E-state index >= 15 is 0 Å². The van der Waals surface area contributed by atoms with Gasteiger partial charge in [0.15, 0.2) is 11.5 Å². The second-order valence-corrected chi connectivity index (χ2v) is 5.19. The first-order valence-electron chi connectivity index (χ1n) is 7.28. The van der Waals surface area contributed by atoms with Crippen LogP contribution in [0.4, 0.5) is 0 Å². The average molecular weight is 320 g/mol. The van der Waals surface area contributed by atoms with Gasteiger partial charge in [-0.25, -0.2) is 0 Å². The van der Waals surface area contributed by atoms with Crippen molar-refractivity contribution in [3.05, 3.63) is 72.4 Å². The Balaban J connectivity index is 1.58. The number of hydrogen-bond donors (Lipinski definition) is 2. The SMILES string of the molecule is O=C(NNC(=O)c1cc2c(ccc3ccccc32)o1)c1ccco1. The maximum atomic E-state index is 12.2. The number of carbonyl (C=O) groups is 2. The lowest BCUT2D eigenvalue weighted by Gasteiger charge is -2.03. The molecule has 0 unspecified atom stereocenters. The lowest BCUT2D eigenvalue weighted by Crippen LogP contribution is -2.41. The first-order valence-corrected chi connectivity index (χ1v) is 7.28. The largest absolute Gasteiger partial charge is 0.459 e. The Labute approximate surface area is 136 Å². The van der Waals surface area contributed by atoms with Crippen LogP contribution in [-0.4, -0.2) is 11.8 Å². The standard InChI is InChI=1S/C18H12N2O4/c21-17(15-6-3-9-23-15)19-20-18(22)16-10-13-12-5-2-1-4-11(12)7-8-14(13)24-16/h1-10H,(H,19,21)(H,20,22). The smallest absolute Gasteiger partial charge is 0.305 e. The van der Waals surface area contributed by atoms with Crippen LogP contribution in [0.2, 0.25) is 0 Å². The predicted molar refractivity (Wildman–Crippen MR) is 87.4 cm³/mol. The van der Waals surface area contributed by atoms with Gasteiger partial charge in [0.2, 0.25) is 0 Å². The van der Waals surface area contributed by atoms with E-state index in [-0.39, 0.29) is 11.5 Å². The van der Waals surface area contributed by atoms with Crippen LogP contribution in [0.1, 0.15) is 21.1 Å². The minimum Gasteiger partial charge on any atom is -0.459 e. The number of rotatable bonds is 2. The normalized spacial score (nSPS) is 10.8. The van der Waals surface area contributed by atoms with Crippen molar-refractivity contribution in [1.29, 1.82) is 0 Å². The van der Waals surface area contributed by atoms with Crippen LogP contribution >= 0.6 is 0 Å². The van der Waals surface area contributed by atoms with Crippen molar-refractivity contribution < 1.29 is 18.4 Å². The average Bonchev–Trinajstić information content (AvgIpc) is 3.28. The Hall–Kier alpha value is -3.54. The van der Waals surface area contributed by atoms with Crippen molar-refractivity contribution in [2.75, 3.05) is 0 Å². The van der Waals surface area contributed by atoms with Gasteiger partial charge in [0, 0.05) is 5.39 Å². The van der Waals surface area contributed by atoms with Crippen LogP contribution < -0.4 is 10.9 Å². The van der Waals surface area contributed by atoms with Crippen molar-refractivity contribution in [2.45, 2.75) is 0 Å². The molecule has 0 bridgehead atoms. The summed E-state index contributed by atoms with van der Waals surface area (Å²) in [5, 5.41) is 2.90. The number of benzene rings is 2. The van der Waals surface area contributed by atoms with E-state index in [9.17, 15) is 9.59 Å². The van der Waals surface area contributed by atoms with Crippen molar-refractivity contribution >= 4 is 33.6 Å². The van der Waals surface area contributed by atoms with Crippen molar-refractivity contribution in [1.82, 2.24) is 10.9 Å². The summed E-state index contributed by atoms with van der Waals surface area (Å²) in [6.07, 6.45) is 1.38. The van der Waals surface area contributed by atoms with E-state index in [0.717, 1.165) is 16.2 Å². The van der Waals surface area contributed by atoms with Crippen LogP contribution in [0, 0.1) is 0 Å². The molecule has 2 amide bonds. The van der Waals surface area contributed by atoms with E-state index in [1.54, 1.807) is 12.1 Å². The Morgan fingerprint density at radius 1 is 0.792 bits per heavy atom. The van der Waals surface area contributed by atoms with Crippen LogP contribution in [0.3, 0.4) is 0 Å². The quantitative estimate of drug-likeness (QED) is 0.555. The second-order valence-electron chi connectivity index (χ2n) is 5.19. The molecule has 0 saturated carbocycles. The fourth-order valence-electron chi connectivity index (χ4n) is 2.55. The van der Waals surface area contributed by atoms with E-state index in [1.165, 1.54) is 12.3 Å². The van der Waals surface area contributed by atoms with Gasteiger partial charge in [0.05, 0.1) is 6.26 Å². The highest BCUT2D eigenvalue weighted by Gasteiger charge is 2.15. The molecule has 2 N–H and O–H groups in total. The summed E-state index contributed by atoms with van der Waals surface area (Å²) in [4.78, 5) is 23.9. The number of carbonyl (C=O) groups excluding carboxylic acids is 2. The van der Waals surface area contributed by atoms with E-state index in [0.29, 0.717) is 5.58 Å². The monoisotopic (exact) mass is 320 g/mol. The summed E-state index contributed by atoms with van der Waals surface area (Å²) in [7, 11) is 0. The first kappa shape index (κ1) is 14.1. The lowest BCUT2D eigenvalue weighted by atomic mass is 10.1. The van der Waals surface area contributed by atoms with Gasteiger partial charge in [-0.1, -0.05) is 30.3 Å². The van der Waals surface area contributed by atoms with Gasteiger partial charge in [-0.3, -0.25) is 20.4 Å². The Bertz CT molecular complexity index is 1050. The molecule has 24 heavy (non-hydrogen) atoms. The molecule has 118 valence electrons. The summed E-state index contributed by atoms with van der Waals surface area (Å²) in [5.74, 6) is -0.878. The zero-order chi connectivity index (χ0) is 16.5. The molecule has 6 heteroatoms. The minimum absolute atomic E-state index is 0.103. The number of furan rings is 2. The highest BCUT2D eigenvalue weighted by atomic mass is 16.4. The third-order valence-electron chi connectivity index (χ3n) is 3.68. The molecule has 0 saturated heterocycles. The van der Waals surface area contributed by atoms with Gasteiger partial charge in [0.1, 0.15) is 5.58 Å². The molecule has 0 aliphatic carbocycles. The molecule has 2 heterocycles. The number of amides is 2. The van der Waals surface area contributed by atoms with Crippen LogP contribution in [0.15, 0.2) is 69.7 Å². The fourth-order valence-corrected chi connectivity index (χ4v) is 2.55. The first-order chi connectivity index (χ1) is 11.7. The molecule has 0 aliphatic rings. The topological polar surface area (TPSA) is 84.5 Å². The second kappa shape index (κ2) is 5.58. The van der Waals surface area contributed by atoms with Crippen LogP contribution in [0.5, 0.6) is 0 Å². The Morgan fingerprint density at radius 3 is 2.38 bits per heavy atom. The third kappa shape index (κ3) is 2.40. The molecule has 2 aromatic heterocycles. The third-order valence-corrected chi connectivity index (χ3v) is 3.68. The molecule has 0 fully saturated rings. The summed E-state index contributed by atoms with van der Waals surface area (Å²) < 4.78 is 10.5. The molecule has 6 nitrogen and oxygen atoms in total. The molecular weight excluding hydrogens is 308 g/mol. The van der Waals surface area contributed by atoms with Gasteiger partial charge < -0.3 is 8.83 Å². The van der Waals surface area contributed by atoms with Crippen LogP contribution in [0.25, 0.3) is 21.7 Å². The number of fused-ring (bicyclic) bond motifs is 3. The van der Waals surface area contributed by atoms with Crippen molar-refractivity contribution in [3.63, 3.8) is 0 Å². The number of nitrogens with one attached hydrogen (secondary N) is 2. The van der Waals surface area contributed by atoms with Gasteiger partial charge in [-0.15, -0.1) is 0 Å². The highest BCUT2D eigenvalue weighted by Crippen LogP contribution is 2.27. The van der Waals surface area contributed by atoms with Gasteiger partial charge in [-0.2, -0.15) is 0 Å².